The van der Waals surface area contributed by atoms with Gasteiger partial charge in [-0.2, -0.15) is 0 Å². The van der Waals surface area contributed by atoms with Crippen LogP contribution in [0.1, 0.15) is 57.7 Å². The first-order valence-corrected chi connectivity index (χ1v) is 10.7. The van der Waals surface area contributed by atoms with Gasteiger partial charge in [-0.1, -0.05) is 26.2 Å². The Bertz CT molecular complexity index is 782. The normalized spacial score (nSPS) is 22.6. The molecular formula is C21H29N5S. The molecule has 2 atom stereocenters. The summed E-state index contributed by atoms with van der Waals surface area (Å²) < 4.78 is 2.28. The highest BCUT2D eigenvalue weighted by molar-refractivity contribution is 7.80. The second kappa shape index (κ2) is 8.38. The molecule has 0 amide bonds. The van der Waals surface area contributed by atoms with Crippen LogP contribution in [0.5, 0.6) is 0 Å². The molecule has 2 aliphatic rings. The zero-order chi connectivity index (χ0) is 18.6. The molecule has 2 N–H and O–H groups in total. The van der Waals surface area contributed by atoms with Gasteiger partial charge in [-0.3, -0.25) is 0 Å². The fourth-order valence-electron chi connectivity index (χ4n) is 4.27. The van der Waals surface area contributed by atoms with Crippen molar-refractivity contribution in [2.24, 2.45) is 5.92 Å². The van der Waals surface area contributed by atoms with Crippen LogP contribution in [0.2, 0.25) is 0 Å². The maximum Gasteiger partial charge on any atom is 0.171 e. The van der Waals surface area contributed by atoms with Crippen LogP contribution in [0.25, 0.3) is 11.4 Å². The first-order valence-electron chi connectivity index (χ1n) is 10.3. The van der Waals surface area contributed by atoms with Crippen LogP contribution in [0, 0.1) is 5.92 Å². The van der Waals surface area contributed by atoms with Crippen LogP contribution in [-0.4, -0.2) is 25.9 Å². The van der Waals surface area contributed by atoms with E-state index in [4.69, 9.17) is 12.2 Å². The van der Waals surface area contributed by atoms with Crippen LogP contribution in [0.3, 0.4) is 0 Å². The number of aromatic nitrogens is 3. The fraction of sp³-hybridized carbons (Fsp3) is 0.571. The Morgan fingerprint density at radius 3 is 2.67 bits per heavy atom. The van der Waals surface area contributed by atoms with Crippen LogP contribution in [0.4, 0.5) is 5.69 Å². The molecule has 144 valence electrons. The number of aryl methyl sites for hydroxylation is 1. The Labute approximate surface area is 167 Å². The van der Waals surface area contributed by atoms with Gasteiger partial charge in [0, 0.05) is 30.3 Å². The van der Waals surface area contributed by atoms with E-state index in [1.807, 2.05) is 0 Å². The summed E-state index contributed by atoms with van der Waals surface area (Å²) in [5.41, 5.74) is 2.12. The van der Waals surface area contributed by atoms with E-state index >= 15 is 0 Å². The summed E-state index contributed by atoms with van der Waals surface area (Å²) in [6.45, 7) is 3.33. The smallest absolute Gasteiger partial charge is 0.171 e. The van der Waals surface area contributed by atoms with Crippen LogP contribution < -0.4 is 10.6 Å². The Hall–Kier alpha value is -1.95. The van der Waals surface area contributed by atoms with E-state index in [2.05, 4.69) is 56.6 Å². The average Bonchev–Trinajstić information content (AvgIpc) is 2.92. The van der Waals surface area contributed by atoms with Gasteiger partial charge < -0.3 is 15.2 Å². The lowest BCUT2D eigenvalue weighted by atomic mass is 9.86. The van der Waals surface area contributed by atoms with Gasteiger partial charge in [0.2, 0.25) is 0 Å². The van der Waals surface area contributed by atoms with E-state index in [0.29, 0.717) is 12.0 Å². The zero-order valence-electron chi connectivity index (χ0n) is 16.1. The molecule has 1 saturated carbocycles. The number of nitrogens with one attached hydrogen (secondary N) is 2. The van der Waals surface area contributed by atoms with Crippen molar-refractivity contribution in [2.75, 3.05) is 5.32 Å². The van der Waals surface area contributed by atoms with Crippen molar-refractivity contribution >= 4 is 23.0 Å². The number of hydrogen-bond donors (Lipinski definition) is 2. The molecule has 0 radical (unpaired) electrons. The molecule has 1 aliphatic heterocycles. The average molecular weight is 384 g/mol. The Morgan fingerprint density at radius 1 is 1.04 bits per heavy atom. The van der Waals surface area contributed by atoms with E-state index in [-0.39, 0.29) is 0 Å². The van der Waals surface area contributed by atoms with E-state index in [9.17, 15) is 0 Å². The highest BCUT2D eigenvalue weighted by Crippen LogP contribution is 2.25. The van der Waals surface area contributed by atoms with Gasteiger partial charge in [-0.15, -0.1) is 10.2 Å². The van der Waals surface area contributed by atoms with E-state index in [1.54, 1.807) is 0 Å². The Balaban J connectivity index is 1.40. The van der Waals surface area contributed by atoms with Gasteiger partial charge in [0.1, 0.15) is 5.82 Å². The lowest BCUT2D eigenvalue weighted by molar-refractivity contribution is 0.309. The summed E-state index contributed by atoms with van der Waals surface area (Å²) in [6.07, 6.45) is 9.86. The number of nitrogens with zero attached hydrogens (tertiary/aromatic N) is 3. The van der Waals surface area contributed by atoms with Gasteiger partial charge >= 0.3 is 0 Å². The second-order valence-electron chi connectivity index (χ2n) is 7.95. The van der Waals surface area contributed by atoms with Crippen LogP contribution in [-0.2, 0) is 13.0 Å². The van der Waals surface area contributed by atoms with Crippen molar-refractivity contribution in [3.05, 3.63) is 30.1 Å². The highest BCUT2D eigenvalue weighted by atomic mass is 32.1. The van der Waals surface area contributed by atoms with Gasteiger partial charge in [-0.05, 0) is 68.1 Å². The summed E-state index contributed by atoms with van der Waals surface area (Å²) in [5.74, 6) is 2.79. The summed E-state index contributed by atoms with van der Waals surface area (Å²) in [5, 5.41) is 16.4. The summed E-state index contributed by atoms with van der Waals surface area (Å²) in [4.78, 5) is 0. The van der Waals surface area contributed by atoms with E-state index in [1.165, 1.54) is 44.9 Å². The van der Waals surface area contributed by atoms with Gasteiger partial charge in [0.25, 0.3) is 0 Å². The second-order valence-corrected chi connectivity index (χ2v) is 8.35. The Kier molecular flexibility index (Phi) is 5.72. The molecule has 0 spiro atoms. The van der Waals surface area contributed by atoms with E-state index in [0.717, 1.165) is 41.0 Å². The SMILES string of the molecule is C[C@@H]1CCCC[C@@H]1NC(=S)Nc1ccc(-c2nnc3n2CCCCC3)cc1. The molecule has 2 aromatic rings. The lowest BCUT2D eigenvalue weighted by Gasteiger charge is -2.30. The minimum Gasteiger partial charge on any atom is -0.359 e. The van der Waals surface area contributed by atoms with Crippen molar-refractivity contribution in [2.45, 2.75) is 70.9 Å². The van der Waals surface area contributed by atoms with Crippen molar-refractivity contribution in [3.63, 3.8) is 0 Å². The monoisotopic (exact) mass is 383 g/mol. The molecule has 5 nitrogen and oxygen atoms in total. The molecule has 0 bridgehead atoms. The zero-order valence-corrected chi connectivity index (χ0v) is 16.9. The third-order valence-electron chi connectivity index (χ3n) is 5.94. The number of hydrogen-bond acceptors (Lipinski definition) is 3. The molecule has 4 rings (SSSR count). The van der Waals surface area contributed by atoms with Crippen molar-refractivity contribution < 1.29 is 0 Å². The van der Waals surface area contributed by atoms with Crippen molar-refractivity contribution in [1.82, 2.24) is 20.1 Å². The molecule has 2 heterocycles. The number of rotatable bonds is 3. The number of anilines is 1. The third kappa shape index (κ3) is 4.32. The highest BCUT2D eigenvalue weighted by Gasteiger charge is 2.21. The largest absolute Gasteiger partial charge is 0.359 e. The maximum absolute atomic E-state index is 5.53. The van der Waals surface area contributed by atoms with Crippen molar-refractivity contribution in [3.8, 4) is 11.4 Å². The summed E-state index contributed by atoms with van der Waals surface area (Å²) in [7, 11) is 0. The number of fused-ring (bicyclic) bond motifs is 1. The van der Waals surface area contributed by atoms with Gasteiger partial charge in [0.05, 0.1) is 0 Å². The van der Waals surface area contributed by atoms with E-state index < -0.39 is 0 Å². The summed E-state index contributed by atoms with van der Waals surface area (Å²) in [6, 6.07) is 8.86. The number of thiocarbonyl (C=S) groups is 1. The van der Waals surface area contributed by atoms with Crippen molar-refractivity contribution in [1.29, 1.82) is 0 Å². The van der Waals surface area contributed by atoms with Crippen LogP contribution >= 0.6 is 12.2 Å². The maximum atomic E-state index is 5.53. The first-order chi connectivity index (χ1) is 13.2. The molecule has 1 aliphatic carbocycles. The Morgan fingerprint density at radius 2 is 1.85 bits per heavy atom. The molecule has 0 unspecified atom stereocenters. The predicted octanol–water partition coefficient (Wildman–Crippen LogP) is 4.54. The topological polar surface area (TPSA) is 54.8 Å². The third-order valence-corrected chi connectivity index (χ3v) is 6.16. The number of benzene rings is 1. The molecule has 1 aromatic carbocycles. The molecular weight excluding hydrogens is 354 g/mol. The van der Waals surface area contributed by atoms with Gasteiger partial charge in [-0.25, -0.2) is 0 Å². The van der Waals surface area contributed by atoms with Gasteiger partial charge in [0.15, 0.2) is 10.9 Å². The first kappa shape index (κ1) is 18.4. The molecule has 27 heavy (non-hydrogen) atoms. The molecule has 6 heteroatoms. The molecule has 1 fully saturated rings. The lowest BCUT2D eigenvalue weighted by Crippen LogP contribution is -2.43. The summed E-state index contributed by atoms with van der Waals surface area (Å²) >= 11 is 5.53. The molecule has 1 aromatic heterocycles. The predicted molar refractivity (Wildman–Crippen MR) is 114 cm³/mol. The molecule has 0 saturated heterocycles. The van der Waals surface area contributed by atoms with Crippen LogP contribution in [0.15, 0.2) is 24.3 Å². The quantitative estimate of drug-likeness (QED) is 0.762. The standard InChI is InChI=1S/C21H29N5S/c1-15-7-4-5-8-18(15)23-21(27)22-17-12-10-16(11-13-17)20-25-24-19-9-3-2-6-14-26(19)20/h10-13,15,18H,2-9,14H2,1H3,(H2,22,23,27)/t15-,18+/m1/s1. The fourth-order valence-corrected chi connectivity index (χ4v) is 4.54. The minimum atomic E-state index is 0.490. The minimum absolute atomic E-state index is 0.490.